The molecular weight excluding hydrogens is 295 g/mol. The smallest absolute Gasteiger partial charge is 0.315 e. The Morgan fingerprint density at radius 3 is 2.57 bits per heavy atom. The van der Waals surface area contributed by atoms with E-state index in [1.165, 1.54) is 12.1 Å². The van der Waals surface area contributed by atoms with Crippen LogP contribution in [0.1, 0.15) is 25.8 Å². The lowest BCUT2D eigenvalue weighted by molar-refractivity contribution is 0.225. The molecule has 4 nitrogen and oxygen atoms in total. The average Bonchev–Trinajstić information content (AvgIpc) is 2.96. The van der Waals surface area contributed by atoms with Crippen LogP contribution in [0.3, 0.4) is 0 Å². The van der Waals surface area contributed by atoms with Gasteiger partial charge in [-0.25, -0.2) is 9.18 Å². The third kappa shape index (κ3) is 5.36. The van der Waals surface area contributed by atoms with E-state index in [0.29, 0.717) is 6.42 Å². The van der Waals surface area contributed by atoms with Crippen molar-refractivity contribution in [1.82, 2.24) is 10.6 Å². The molecule has 0 bridgehead atoms. The number of carbonyl (C=O) groups is 1. The van der Waals surface area contributed by atoms with Crippen LogP contribution in [0.5, 0.6) is 0 Å². The van der Waals surface area contributed by atoms with E-state index in [4.69, 9.17) is 5.11 Å². The first-order valence-corrected chi connectivity index (χ1v) is 8.08. The Bertz CT molecular complexity index is 542. The maximum absolute atomic E-state index is 13.0. The zero-order chi connectivity index (χ0) is 16.8. The molecule has 0 heterocycles. The largest absolute Gasteiger partial charge is 0.396 e. The molecule has 23 heavy (non-hydrogen) atoms. The van der Waals surface area contributed by atoms with Gasteiger partial charge in [-0.15, -0.1) is 0 Å². The Morgan fingerprint density at radius 1 is 1.30 bits per heavy atom. The highest BCUT2D eigenvalue weighted by Gasteiger charge is 2.22. The highest BCUT2D eigenvalue weighted by atomic mass is 19.1. The number of urea groups is 1. The van der Waals surface area contributed by atoms with Gasteiger partial charge in [-0.2, -0.15) is 0 Å². The van der Waals surface area contributed by atoms with Gasteiger partial charge in [-0.1, -0.05) is 38.1 Å². The maximum atomic E-state index is 13.0. The fraction of sp³-hybridized carbons (Fsp3) is 0.500. The summed E-state index contributed by atoms with van der Waals surface area (Å²) in [6, 6.07) is 6.09. The predicted molar refractivity (Wildman–Crippen MR) is 88.5 cm³/mol. The summed E-state index contributed by atoms with van der Waals surface area (Å²) in [6.45, 7) is 4.20. The molecule has 0 fully saturated rings. The predicted octanol–water partition coefficient (Wildman–Crippen LogP) is 2.63. The molecule has 126 valence electrons. The number of hydrogen-bond acceptors (Lipinski definition) is 2. The molecule has 1 aromatic rings. The number of aliphatic hydroxyl groups excluding tert-OH is 1. The summed E-state index contributed by atoms with van der Waals surface area (Å²) in [7, 11) is 0. The van der Waals surface area contributed by atoms with Crippen LogP contribution in [-0.2, 0) is 6.42 Å². The summed E-state index contributed by atoms with van der Waals surface area (Å²) in [5.41, 5.74) is 0.992. The molecule has 2 amide bonds. The van der Waals surface area contributed by atoms with Gasteiger partial charge in [0.15, 0.2) is 0 Å². The molecule has 0 aromatic heterocycles. The van der Waals surface area contributed by atoms with Crippen LogP contribution < -0.4 is 10.6 Å². The molecule has 0 saturated carbocycles. The minimum atomic E-state index is -0.257. The molecule has 1 aliphatic carbocycles. The Kier molecular flexibility index (Phi) is 6.16. The second-order valence-electron chi connectivity index (χ2n) is 6.47. The summed E-state index contributed by atoms with van der Waals surface area (Å²) in [4.78, 5) is 12.2. The Morgan fingerprint density at radius 2 is 2.00 bits per heavy atom. The number of amides is 2. The van der Waals surface area contributed by atoms with Gasteiger partial charge in [-0.05, 0) is 36.5 Å². The van der Waals surface area contributed by atoms with Crippen LogP contribution in [0.25, 0.3) is 0 Å². The first-order chi connectivity index (χ1) is 11.0. The molecular formula is C18H25FN2O2. The zero-order valence-corrected chi connectivity index (χ0v) is 13.6. The highest BCUT2D eigenvalue weighted by Crippen LogP contribution is 2.17. The summed E-state index contributed by atoms with van der Waals surface area (Å²) in [5.74, 6) is 0.127. The standard InChI is InChI=1S/C18H25FN2O2/c1-12(2)17(10-13-3-6-15(19)7-4-13)21-18(23)20-16-8-5-14(9-16)11-22/h3-8,12,14,16-17,22H,9-11H2,1-2H3,(H2,20,21,23)/t14-,16+,17?/m0/s1. The van der Waals surface area contributed by atoms with Gasteiger partial charge >= 0.3 is 6.03 Å². The number of rotatable bonds is 6. The molecule has 0 aliphatic heterocycles. The van der Waals surface area contributed by atoms with Crippen LogP contribution in [-0.4, -0.2) is 29.8 Å². The summed E-state index contributed by atoms with van der Waals surface area (Å²) >= 11 is 0. The summed E-state index contributed by atoms with van der Waals surface area (Å²) < 4.78 is 13.0. The van der Waals surface area contributed by atoms with Crippen LogP contribution in [0.15, 0.2) is 36.4 Å². The van der Waals surface area contributed by atoms with E-state index in [1.807, 2.05) is 26.0 Å². The van der Waals surface area contributed by atoms with Crippen LogP contribution in [0.2, 0.25) is 0 Å². The molecule has 5 heteroatoms. The Hall–Kier alpha value is -1.88. The number of halogens is 1. The average molecular weight is 320 g/mol. The maximum Gasteiger partial charge on any atom is 0.315 e. The monoisotopic (exact) mass is 320 g/mol. The first kappa shape index (κ1) is 17.5. The lowest BCUT2D eigenvalue weighted by Gasteiger charge is -2.24. The minimum absolute atomic E-state index is 0.0283. The normalized spacial score (nSPS) is 21.4. The van der Waals surface area contributed by atoms with E-state index in [9.17, 15) is 9.18 Å². The molecule has 1 aromatic carbocycles. The van der Waals surface area contributed by atoms with Crippen molar-refractivity contribution >= 4 is 6.03 Å². The topological polar surface area (TPSA) is 61.4 Å². The van der Waals surface area contributed by atoms with Gasteiger partial charge in [0.1, 0.15) is 5.82 Å². The quantitative estimate of drug-likeness (QED) is 0.706. The number of benzene rings is 1. The van der Waals surface area contributed by atoms with E-state index < -0.39 is 0 Å². The molecule has 1 unspecified atom stereocenters. The van der Waals surface area contributed by atoms with Crippen molar-refractivity contribution in [2.45, 2.75) is 38.8 Å². The van der Waals surface area contributed by atoms with Crippen molar-refractivity contribution < 1.29 is 14.3 Å². The van der Waals surface area contributed by atoms with Crippen LogP contribution >= 0.6 is 0 Å². The Labute approximate surface area is 136 Å². The van der Waals surface area contributed by atoms with Crippen molar-refractivity contribution in [2.75, 3.05) is 6.61 Å². The lowest BCUT2D eigenvalue weighted by Crippen LogP contribution is -2.48. The minimum Gasteiger partial charge on any atom is -0.396 e. The van der Waals surface area contributed by atoms with Gasteiger partial charge in [0.25, 0.3) is 0 Å². The number of aliphatic hydroxyl groups is 1. The molecule has 0 saturated heterocycles. The molecule has 3 atom stereocenters. The fourth-order valence-corrected chi connectivity index (χ4v) is 2.72. The molecule has 0 radical (unpaired) electrons. The first-order valence-electron chi connectivity index (χ1n) is 8.08. The number of nitrogens with one attached hydrogen (secondary N) is 2. The van der Waals surface area contributed by atoms with Gasteiger partial charge in [0, 0.05) is 24.6 Å². The molecule has 2 rings (SSSR count). The molecule has 1 aliphatic rings. The van der Waals surface area contributed by atoms with Crippen molar-refractivity contribution in [1.29, 1.82) is 0 Å². The van der Waals surface area contributed by atoms with Gasteiger partial charge in [0.05, 0.1) is 0 Å². The third-order valence-electron chi connectivity index (χ3n) is 4.21. The van der Waals surface area contributed by atoms with Crippen LogP contribution in [0.4, 0.5) is 9.18 Å². The van der Waals surface area contributed by atoms with Crippen molar-refractivity contribution in [3.63, 3.8) is 0 Å². The second-order valence-corrected chi connectivity index (χ2v) is 6.47. The molecule has 0 spiro atoms. The van der Waals surface area contributed by atoms with E-state index in [1.54, 1.807) is 12.1 Å². The van der Waals surface area contributed by atoms with Crippen molar-refractivity contribution in [3.8, 4) is 0 Å². The number of carbonyl (C=O) groups excluding carboxylic acids is 1. The van der Waals surface area contributed by atoms with E-state index in [2.05, 4.69) is 10.6 Å². The Balaban J connectivity index is 1.87. The van der Waals surface area contributed by atoms with Gasteiger partial charge in [-0.3, -0.25) is 0 Å². The van der Waals surface area contributed by atoms with Gasteiger partial charge in [0.2, 0.25) is 0 Å². The van der Waals surface area contributed by atoms with Crippen molar-refractivity contribution in [2.24, 2.45) is 11.8 Å². The summed E-state index contributed by atoms with van der Waals surface area (Å²) in [6.07, 6.45) is 5.24. The third-order valence-corrected chi connectivity index (χ3v) is 4.21. The van der Waals surface area contributed by atoms with Gasteiger partial charge < -0.3 is 15.7 Å². The van der Waals surface area contributed by atoms with Crippen LogP contribution in [0, 0.1) is 17.7 Å². The lowest BCUT2D eigenvalue weighted by atomic mass is 9.96. The van der Waals surface area contributed by atoms with E-state index in [-0.39, 0.29) is 42.4 Å². The van der Waals surface area contributed by atoms with Crippen molar-refractivity contribution in [3.05, 3.63) is 47.8 Å². The molecule has 3 N–H and O–H groups in total. The van der Waals surface area contributed by atoms with E-state index in [0.717, 1.165) is 12.0 Å². The number of hydrogen-bond donors (Lipinski definition) is 3. The zero-order valence-electron chi connectivity index (χ0n) is 13.6. The SMILES string of the molecule is CC(C)C(Cc1ccc(F)cc1)NC(=O)N[C@@H]1C=C[C@H](CO)C1. The fourth-order valence-electron chi connectivity index (χ4n) is 2.72. The van der Waals surface area contributed by atoms with E-state index >= 15 is 0 Å². The second kappa shape index (κ2) is 8.11. The highest BCUT2D eigenvalue weighted by molar-refractivity contribution is 5.75. The summed E-state index contributed by atoms with van der Waals surface area (Å²) in [5, 5.41) is 15.0.